The minimum absolute atomic E-state index is 0.446. The quantitative estimate of drug-likeness (QED) is 0.343. The summed E-state index contributed by atoms with van der Waals surface area (Å²) in [7, 11) is 0. The van der Waals surface area contributed by atoms with Gasteiger partial charge in [-0.05, 0) is 0 Å². The molecule has 2 heterocycles. The lowest BCUT2D eigenvalue weighted by atomic mass is 10.2. The predicted octanol–water partition coefficient (Wildman–Crippen LogP) is -2.31. The van der Waals surface area contributed by atoms with Crippen molar-refractivity contribution < 1.29 is 14.4 Å². The molecule has 2 fully saturated rings. The molecule has 0 spiro atoms. The van der Waals surface area contributed by atoms with Crippen LogP contribution in [0.1, 0.15) is 0 Å². The minimum Gasteiger partial charge on any atom is -0.324 e. The summed E-state index contributed by atoms with van der Waals surface area (Å²) >= 11 is 0. The average Bonchev–Trinajstić information content (AvgIpc) is 2.38. The van der Waals surface area contributed by atoms with Crippen LogP contribution in [0.15, 0.2) is 0 Å². The van der Waals surface area contributed by atoms with Gasteiger partial charge in [-0.3, -0.25) is 14.9 Å². The number of amides is 4. The Morgan fingerprint density at radius 3 is 1.82 bits per heavy atom. The zero-order valence-corrected chi connectivity index (χ0v) is 5.38. The van der Waals surface area contributed by atoms with Crippen LogP contribution in [0, 0.1) is 0 Å². The molecule has 0 aromatic rings. The van der Waals surface area contributed by atoms with Gasteiger partial charge in [-0.15, -0.1) is 0 Å². The van der Waals surface area contributed by atoms with E-state index in [2.05, 4.69) is 16.0 Å². The number of hydrogen-bond donors (Lipinski definition) is 3. The smallest absolute Gasteiger partial charge is 0.316 e. The molecule has 0 aromatic heterocycles. The summed E-state index contributed by atoms with van der Waals surface area (Å²) in [4.78, 5) is 32.2. The van der Waals surface area contributed by atoms with E-state index in [0.717, 1.165) is 0 Å². The minimum atomic E-state index is -0.713. The maximum atomic E-state index is 10.8. The Morgan fingerprint density at radius 1 is 0.909 bits per heavy atom. The zero-order chi connectivity index (χ0) is 8.01. The molecule has 2 aliphatic rings. The van der Waals surface area contributed by atoms with Crippen molar-refractivity contribution in [3.05, 3.63) is 0 Å². The highest BCUT2D eigenvalue weighted by Gasteiger charge is 2.47. The van der Waals surface area contributed by atoms with Crippen molar-refractivity contribution in [1.29, 1.82) is 0 Å². The molecule has 2 rings (SSSR count). The standard InChI is InChI=1S/C5H5N3O3/c9-3-1-2(4(10)8-3)7-5(11)6-1/h1-2H,(H2,6,7,11)(H,8,9,10). The summed E-state index contributed by atoms with van der Waals surface area (Å²) in [5.74, 6) is -0.892. The van der Waals surface area contributed by atoms with E-state index in [1.165, 1.54) is 0 Å². The molecule has 2 saturated heterocycles. The van der Waals surface area contributed by atoms with E-state index in [0.29, 0.717) is 0 Å². The monoisotopic (exact) mass is 155 g/mol. The molecule has 6 nitrogen and oxygen atoms in total. The molecule has 3 N–H and O–H groups in total. The molecule has 2 aliphatic heterocycles. The van der Waals surface area contributed by atoms with Crippen molar-refractivity contribution in [3.63, 3.8) is 0 Å². The SMILES string of the molecule is O=C1NC2C(=O)NC(=O)C2N1. The van der Waals surface area contributed by atoms with E-state index in [1.807, 2.05) is 0 Å². The first kappa shape index (κ1) is 6.14. The second-order valence-corrected chi connectivity index (χ2v) is 2.43. The first-order valence-corrected chi connectivity index (χ1v) is 3.10. The van der Waals surface area contributed by atoms with Crippen molar-refractivity contribution in [2.75, 3.05) is 0 Å². The Hall–Kier alpha value is -1.59. The van der Waals surface area contributed by atoms with Crippen molar-refractivity contribution in [3.8, 4) is 0 Å². The number of carbonyl (C=O) groups excluding carboxylic acids is 3. The molecule has 2 unspecified atom stereocenters. The summed E-state index contributed by atoms with van der Waals surface area (Å²) < 4.78 is 0. The van der Waals surface area contributed by atoms with Gasteiger partial charge in [0.2, 0.25) is 0 Å². The van der Waals surface area contributed by atoms with E-state index in [9.17, 15) is 14.4 Å². The Balaban J connectivity index is 2.29. The van der Waals surface area contributed by atoms with Crippen LogP contribution in [0.25, 0.3) is 0 Å². The highest BCUT2D eigenvalue weighted by atomic mass is 16.2. The molecule has 11 heavy (non-hydrogen) atoms. The Kier molecular flexibility index (Phi) is 0.957. The van der Waals surface area contributed by atoms with E-state index < -0.39 is 29.9 Å². The van der Waals surface area contributed by atoms with Gasteiger partial charge in [0.05, 0.1) is 0 Å². The van der Waals surface area contributed by atoms with Gasteiger partial charge in [0.25, 0.3) is 11.8 Å². The fourth-order valence-electron chi connectivity index (χ4n) is 1.20. The number of urea groups is 1. The fourth-order valence-corrected chi connectivity index (χ4v) is 1.20. The predicted molar refractivity (Wildman–Crippen MR) is 32.4 cm³/mol. The topological polar surface area (TPSA) is 87.3 Å². The summed E-state index contributed by atoms with van der Waals surface area (Å²) in [6, 6.07) is -1.90. The summed E-state index contributed by atoms with van der Waals surface area (Å²) in [5.41, 5.74) is 0. The lowest BCUT2D eigenvalue weighted by Crippen LogP contribution is -2.37. The number of carbonyl (C=O) groups is 3. The molecular formula is C5H5N3O3. The van der Waals surface area contributed by atoms with E-state index >= 15 is 0 Å². The third-order valence-electron chi connectivity index (χ3n) is 1.72. The van der Waals surface area contributed by atoms with E-state index in [4.69, 9.17) is 0 Å². The molecular weight excluding hydrogens is 150 g/mol. The van der Waals surface area contributed by atoms with Crippen molar-refractivity contribution in [2.24, 2.45) is 0 Å². The number of imide groups is 1. The molecule has 58 valence electrons. The highest BCUT2D eigenvalue weighted by molar-refractivity contribution is 6.13. The molecule has 2 atom stereocenters. The maximum absolute atomic E-state index is 10.8. The molecule has 0 aromatic carbocycles. The van der Waals surface area contributed by atoms with Crippen LogP contribution >= 0.6 is 0 Å². The second-order valence-electron chi connectivity index (χ2n) is 2.43. The number of rotatable bonds is 0. The Bertz CT molecular complexity index is 238. The molecule has 0 saturated carbocycles. The van der Waals surface area contributed by atoms with Gasteiger partial charge in [0, 0.05) is 0 Å². The van der Waals surface area contributed by atoms with Crippen LogP contribution in [-0.2, 0) is 9.59 Å². The van der Waals surface area contributed by atoms with Crippen molar-refractivity contribution in [2.45, 2.75) is 12.1 Å². The first-order valence-electron chi connectivity index (χ1n) is 3.10. The normalized spacial score (nSPS) is 34.4. The van der Waals surface area contributed by atoms with Crippen LogP contribution in [0.2, 0.25) is 0 Å². The number of fused-ring (bicyclic) bond motifs is 1. The first-order chi connectivity index (χ1) is 5.18. The lowest BCUT2D eigenvalue weighted by molar-refractivity contribution is -0.125. The summed E-state index contributed by atoms with van der Waals surface area (Å²) in [6.07, 6.45) is 0. The molecule has 4 amide bonds. The summed E-state index contributed by atoms with van der Waals surface area (Å²) in [6.45, 7) is 0. The van der Waals surface area contributed by atoms with Crippen molar-refractivity contribution >= 4 is 17.8 Å². The largest absolute Gasteiger partial charge is 0.324 e. The Morgan fingerprint density at radius 2 is 1.36 bits per heavy atom. The van der Waals surface area contributed by atoms with Gasteiger partial charge in [-0.2, -0.15) is 0 Å². The molecule has 0 bridgehead atoms. The second kappa shape index (κ2) is 1.71. The van der Waals surface area contributed by atoms with Gasteiger partial charge in [0.15, 0.2) is 0 Å². The van der Waals surface area contributed by atoms with Crippen LogP contribution in [0.4, 0.5) is 4.79 Å². The Labute approximate surface area is 61.3 Å². The van der Waals surface area contributed by atoms with Crippen molar-refractivity contribution in [1.82, 2.24) is 16.0 Å². The number of nitrogens with one attached hydrogen (secondary N) is 3. The fraction of sp³-hybridized carbons (Fsp3) is 0.400. The van der Waals surface area contributed by atoms with Crippen LogP contribution < -0.4 is 16.0 Å². The third kappa shape index (κ3) is 0.688. The van der Waals surface area contributed by atoms with Crippen LogP contribution in [0.3, 0.4) is 0 Å². The van der Waals surface area contributed by atoms with Gasteiger partial charge < -0.3 is 10.6 Å². The number of hydrogen-bond acceptors (Lipinski definition) is 3. The van der Waals surface area contributed by atoms with Gasteiger partial charge in [-0.25, -0.2) is 4.79 Å². The zero-order valence-electron chi connectivity index (χ0n) is 5.38. The highest BCUT2D eigenvalue weighted by Crippen LogP contribution is 2.07. The van der Waals surface area contributed by atoms with E-state index in [-0.39, 0.29) is 0 Å². The van der Waals surface area contributed by atoms with Crippen LogP contribution in [0.5, 0.6) is 0 Å². The van der Waals surface area contributed by atoms with E-state index in [1.54, 1.807) is 0 Å². The third-order valence-corrected chi connectivity index (χ3v) is 1.72. The van der Waals surface area contributed by atoms with Gasteiger partial charge >= 0.3 is 6.03 Å². The maximum Gasteiger partial charge on any atom is 0.316 e. The van der Waals surface area contributed by atoms with Gasteiger partial charge in [-0.1, -0.05) is 0 Å². The molecule has 0 radical (unpaired) electrons. The molecule has 6 heteroatoms. The van der Waals surface area contributed by atoms with Crippen LogP contribution in [-0.4, -0.2) is 29.9 Å². The lowest BCUT2D eigenvalue weighted by Gasteiger charge is -1.98. The van der Waals surface area contributed by atoms with Gasteiger partial charge in [0.1, 0.15) is 12.1 Å². The summed E-state index contributed by atoms with van der Waals surface area (Å²) in [5, 5.41) is 6.71. The average molecular weight is 155 g/mol. The molecule has 0 aliphatic carbocycles.